The van der Waals surface area contributed by atoms with Crippen molar-refractivity contribution in [1.82, 2.24) is 9.55 Å². The number of fused-ring (bicyclic) bond motifs is 1. The van der Waals surface area contributed by atoms with Gasteiger partial charge in [0.2, 0.25) is 0 Å². The van der Waals surface area contributed by atoms with Gasteiger partial charge in [-0.1, -0.05) is 37.6 Å². The van der Waals surface area contributed by atoms with Gasteiger partial charge in [0.1, 0.15) is 16.4 Å². The fraction of sp³-hybridized carbons (Fsp3) is 0.350. The van der Waals surface area contributed by atoms with E-state index in [0.29, 0.717) is 23.4 Å². The Labute approximate surface area is 161 Å². The standard InChI is InChI=1S/C20H21ClN2O2S/c1-11(2)18-22-19-17(20(25)23(18)10-9-12(3)24)16(13(4)26-19)14-5-7-15(21)8-6-14/h5-8,11H,9-10H2,1-4H3. The first kappa shape index (κ1) is 18.8. The maximum atomic E-state index is 13.3. The molecule has 0 radical (unpaired) electrons. The molecule has 3 aromatic rings. The second-order valence-corrected chi connectivity index (χ2v) is 8.39. The number of carbonyl (C=O) groups excluding carboxylic acids is 1. The van der Waals surface area contributed by atoms with E-state index in [0.717, 1.165) is 26.7 Å². The molecule has 2 aromatic heterocycles. The molecule has 0 aliphatic heterocycles. The molecule has 4 nitrogen and oxygen atoms in total. The van der Waals surface area contributed by atoms with Gasteiger partial charge in [0, 0.05) is 34.3 Å². The lowest BCUT2D eigenvalue weighted by Crippen LogP contribution is -2.26. The third-order valence-electron chi connectivity index (χ3n) is 4.35. The number of benzene rings is 1. The Morgan fingerprint density at radius 2 is 1.92 bits per heavy atom. The molecule has 1 aromatic carbocycles. The van der Waals surface area contributed by atoms with Gasteiger partial charge in [-0.3, -0.25) is 14.2 Å². The van der Waals surface area contributed by atoms with Crippen LogP contribution in [0.25, 0.3) is 21.3 Å². The highest BCUT2D eigenvalue weighted by molar-refractivity contribution is 7.19. The lowest BCUT2D eigenvalue weighted by atomic mass is 10.0. The van der Waals surface area contributed by atoms with Crippen LogP contribution in [0.15, 0.2) is 29.1 Å². The number of hydrogen-bond acceptors (Lipinski definition) is 4. The van der Waals surface area contributed by atoms with Crippen LogP contribution in [-0.4, -0.2) is 15.3 Å². The quantitative estimate of drug-likeness (QED) is 0.604. The molecule has 0 fully saturated rings. The van der Waals surface area contributed by atoms with E-state index in [9.17, 15) is 9.59 Å². The number of Topliss-reactive ketones (excluding diaryl/α,β-unsaturated/α-hetero) is 1. The van der Waals surface area contributed by atoms with E-state index in [1.807, 2.05) is 45.0 Å². The first-order chi connectivity index (χ1) is 12.3. The SMILES string of the molecule is CC(=O)CCn1c(C(C)C)nc2sc(C)c(-c3ccc(Cl)cc3)c2c1=O. The van der Waals surface area contributed by atoms with Crippen molar-refractivity contribution in [2.24, 2.45) is 0 Å². The molecule has 0 aliphatic rings. The summed E-state index contributed by atoms with van der Waals surface area (Å²) in [6.07, 6.45) is 0.326. The van der Waals surface area contributed by atoms with E-state index >= 15 is 0 Å². The summed E-state index contributed by atoms with van der Waals surface area (Å²) in [4.78, 5) is 31.4. The van der Waals surface area contributed by atoms with E-state index in [2.05, 4.69) is 0 Å². The molecule has 6 heteroatoms. The summed E-state index contributed by atoms with van der Waals surface area (Å²) in [5.74, 6) is 0.888. The monoisotopic (exact) mass is 388 g/mol. The van der Waals surface area contributed by atoms with E-state index in [-0.39, 0.29) is 17.3 Å². The van der Waals surface area contributed by atoms with Crippen LogP contribution in [0.3, 0.4) is 0 Å². The minimum atomic E-state index is -0.0748. The molecule has 136 valence electrons. The zero-order valence-corrected chi connectivity index (χ0v) is 16.9. The Morgan fingerprint density at radius 3 is 2.50 bits per heavy atom. The number of nitrogens with zero attached hydrogens (tertiary/aromatic N) is 2. The number of hydrogen-bond donors (Lipinski definition) is 0. The number of thiophene rings is 1. The van der Waals surface area contributed by atoms with Gasteiger partial charge in [0.05, 0.1) is 5.39 Å². The summed E-state index contributed by atoms with van der Waals surface area (Å²) in [7, 11) is 0. The van der Waals surface area contributed by atoms with E-state index in [1.54, 1.807) is 11.5 Å². The second-order valence-electron chi connectivity index (χ2n) is 6.75. The molecule has 0 saturated heterocycles. The number of aryl methyl sites for hydroxylation is 1. The minimum Gasteiger partial charge on any atom is -0.300 e. The number of aromatic nitrogens is 2. The van der Waals surface area contributed by atoms with Gasteiger partial charge in [-0.2, -0.15) is 0 Å². The summed E-state index contributed by atoms with van der Waals surface area (Å²) >= 11 is 7.54. The summed E-state index contributed by atoms with van der Waals surface area (Å²) in [5.41, 5.74) is 1.78. The molecule has 26 heavy (non-hydrogen) atoms. The smallest absolute Gasteiger partial charge is 0.262 e. The van der Waals surface area contributed by atoms with Crippen LogP contribution < -0.4 is 5.56 Å². The summed E-state index contributed by atoms with van der Waals surface area (Å²) in [6.45, 7) is 7.93. The van der Waals surface area contributed by atoms with Crippen molar-refractivity contribution in [2.75, 3.05) is 0 Å². The van der Waals surface area contributed by atoms with Crippen LogP contribution in [0.5, 0.6) is 0 Å². The molecular formula is C20H21ClN2O2S. The second kappa shape index (κ2) is 7.33. The minimum absolute atomic E-state index is 0.0612. The fourth-order valence-electron chi connectivity index (χ4n) is 3.10. The van der Waals surface area contributed by atoms with Gasteiger partial charge in [-0.25, -0.2) is 4.98 Å². The summed E-state index contributed by atoms with van der Waals surface area (Å²) in [5, 5.41) is 1.29. The van der Waals surface area contributed by atoms with Crippen molar-refractivity contribution in [3.05, 3.63) is 50.3 Å². The van der Waals surface area contributed by atoms with Gasteiger partial charge in [-0.05, 0) is 31.5 Å². The van der Waals surface area contributed by atoms with E-state index in [1.165, 1.54) is 11.3 Å². The number of halogens is 1. The normalized spacial score (nSPS) is 11.5. The maximum Gasteiger partial charge on any atom is 0.262 e. The van der Waals surface area contributed by atoms with Crippen molar-refractivity contribution in [1.29, 1.82) is 0 Å². The Morgan fingerprint density at radius 1 is 1.27 bits per heavy atom. The largest absolute Gasteiger partial charge is 0.300 e. The highest BCUT2D eigenvalue weighted by Crippen LogP contribution is 2.36. The molecular weight excluding hydrogens is 368 g/mol. The van der Waals surface area contributed by atoms with Crippen LogP contribution in [-0.2, 0) is 11.3 Å². The third-order valence-corrected chi connectivity index (χ3v) is 5.61. The van der Waals surface area contributed by atoms with Crippen molar-refractivity contribution in [3.8, 4) is 11.1 Å². The van der Waals surface area contributed by atoms with Gasteiger partial charge >= 0.3 is 0 Å². The number of ketones is 1. The van der Waals surface area contributed by atoms with Crippen LogP contribution >= 0.6 is 22.9 Å². The highest BCUT2D eigenvalue weighted by atomic mass is 35.5. The predicted molar refractivity (Wildman–Crippen MR) is 108 cm³/mol. The van der Waals surface area contributed by atoms with Gasteiger partial charge in [0.25, 0.3) is 5.56 Å². The number of rotatable bonds is 5. The average Bonchev–Trinajstić information content (AvgIpc) is 2.90. The lowest BCUT2D eigenvalue weighted by Gasteiger charge is -2.14. The van der Waals surface area contributed by atoms with Crippen LogP contribution in [0.4, 0.5) is 0 Å². The molecule has 0 spiro atoms. The Kier molecular flexibility index (Phi) is 5.30. The Hall–Kier alpha value is -1.98. The average molecular weight is 389 g/mol. The molecule has 0 bridgehead atoms. The van der Waals surface area contributed by atoms with Crippen molar-refractivity contribution >= 4 is 38.9 Å². The highest BCUT2D eigenvalue weighted by Gasteiger charge is 2.21. The fourth-order valence-corrected chi connectivity index (χ4v) is 4.27. The third kappa shape index (κ3) is 3.46. The lowest BCUT2D eigenvalue weighted by molar-refractivity contribution is -0.117. The van der Waals surface area contributed by atoms with Crippen LogP contribution in [0.1, 0.15) is 43.8 Å². The van der Waals surface area contributed by atoms with Gasteiger partial charge in [-0.15, -0.1) is 11.3 Å². The molecule has 0 atom stereocenters. The van der Waals surface area contributed by atoms with Crippen molar-refractivity contribution in [2.45, 2.75) is 46.6 Å². The van der Waals surface area contributed by atoms with Crippen LogP contribution in [0.2, 0.25) is 5.02 Å². The van der Waals surface area contributed by atoms with E-state index in [4.69, 9.17) is 16.6 Å². The zero-order chi connectivity index (χ0) is 19.0. The predicted octanol–water partition coefficient (Wildman–Crippen LogP) is 5.19. The summed E-state index contributed by atoms with van der Waals surface area (Å²) < 4.78 is 1.67. The Bertz CT molecular complexity index is 1030. The zero-order valence-electron chi connectivity index (χ0n) is 15.3. The van der Waals surface area contributed by atoms with Crippen molar-refractivity contribution in [3.63, 3.8) is 0 Å². The summed E-state index contributed by atoms with van der Waals surface area (Å²) in [6, 6.07) is 7.49. The first-order valence-electron chi connectivity index (χ1n) is 8.58. The Balaban J connectivity index is 2.30. The maximum absolute atomic E-state index is 13.3. The molecule has 0 saturated carbocycles. The molecule has 0 unspecified atom stereocenters. The van der Waals surface area contributed by atoms with Gasteiger partial charge in [0.15, 0.2) is 0 Å². The molecule has 2 heterocycles. The first-order valence-corrected chi connectivity index (χ1v) is 9.78. The molecule has 0 amide bonds. The topological polar surface area (TPSA) is 52.0 Å². The molecule has 0 aliphatic carbocycles. The van der Waals surface area contributed by atoms with Gasteiger partial charge < -0.3 is 0 Å². The molecule has 3 rings (SSSR count). The number of carbonyl (C=O) groups is 1. The van der Waals surface area contributed by atoms with Crippen LogP contribution in [0, 0.1) is 6.92 Å². The molecule has 0 N–H and O–H groups in total. The van der Waals surface area contributed by atoms with Crippen molar-refractivity contribution < 1.29 is 4.79 Å². The van der Waals surface area contributed by atoms with E-state index < -0.39 is 0 Å².